The van der Waals surface area contributed by atoms with E-state index in [1.165, 1.54) is 5.56 Å². The normalized spacial score (nSPS) is 24.7. The molecular weight excluding hydrogens is 226 g/mol. The molecule has 4 heteroatoms. The van der Waals surface area contributed by atoms with E-state index in [4.69, 9.17) is 4.84 Å². The summed E-state index contributed by atoms with van der Waals surface area (Å²) >= 11 is 0. The van der Waals surface area contributed by atoms with Crippen molar-refractivity contribution < 1.29 is 4.84 Å². The number of nitrogens with zero attached hydrogens (tertiary/aromatic N) is 2. The van der Waals surface area contributed by atoms with E-state index in [9.17, 15) is 0 Å². The predicted octanol–water partition coefficient (Wildman–Crippen LogP) is 1.58. The van der Waals surface area contributed by atoms with E-state index < -0.39 is 0 Å². The Morgan fingerprint density at radius 1 is 1.22 bits per heavy atom. The first kappa shape index (κ1) is 11.7. The lowest BCUT2D eigenvalue weighted by molar-refractivity contribution is -0.147. The molecule has 2 heterocycles. The Hall–Kier alpha value is -1.39. The fourth-order valence-electron chi connectivity index (χ4n) is 2.48. The van der Waals surface area contributed by atoms with Gasteiger partial charge in [-0.2, -0.15) is 0 Å². The molecule has 18 heavy (non-hydrogen) atoms. The van der Waals surface area contributed by atoms with Gasteiger partial charge in [-0.05, 0) is 31.5 Å². The molecule has 0 spiro atoms. The van der Waals surface area contributed by atoms with Gasteiger partial charge in [0, 0.05) is 6.42 Å². The lowest BCUT2D eigenvalue weighted by atomic mass is 10.1. The molecule has 1 atom stereocenters. The number of hydrogen-bond donors (Lipinski definition) is 1. The summed E-state index contributed by atoms with van der Waals surface area (Å²) in [5.74, 6) is 0. The fraction of sp³-hybridized carbons (Fsp3) is 0.500. The van der Waals surface area contributed by atoms with Gasteiger partial charge in [-0.1, -0.05) is 30.3 Å². The second kappa shape index (κ2) is 5.50. The van der Waals surface area contributed by atoms with Crippen LogP contribution < -0.4 is 5.32 Å². The highest BCUT2D eigenvalue weighted by Gasteiger charge is 2.26. The first-order chi connectivity index (χ1) is 8.92. The van der Waals surface area contributed by atoms with Crippen LogP contribution in [0.1, 0.15) is 18.4 Å². The van der Waals surface area contributed by atoms with Crippen molar-refractivity contribution in [1.29, 1.82) is 0 Å². The first-order valence-corrected chi connectivity index (χ1v) is 6.65. The number of aliphatic imine (C=N–C) groups is 1. The smallest absolute Gasteiger partial charge is 0.181 e. The Balaban J connectivity index is 1.54. The number of benzene rings is 1. The van der Waals surface area contributed by atoms with Gasteiger partial charge in [0.05, 0.1) is 6.04 Å². The van der Waals surface area contributed by atoms with Gasteiger partial charge < -0.3 is 5.32 Å². The molecule has 3 rings (SSSR count). The number of hydroxylamine groups is 2. The third-order valence-corrected chi connectivity index (χ3v) is 3.51. The summed E-state index contributed by atoms with van der Waals surface area (Å²) in [6, 6.07) is 10.9. The van der Waals surface area contributed by atoms with Gasteiger partial charge in [0.15, 0.2) is 6.23 Å². The highest BCUT2D eigenvalue weighted by molar-refractivity contribution is 5.55. The molecule has 0 bridgehead atoms. The van der Waals surface area contributed by atoms with E-state index in [1.54, 1.807) is 0 Å². The minimum absolute atomic E-state index is 0.0534. The SMILES string of the molecule is C1=NC(Cc2ccccc2)ON1C1CCNCC1. The Labute approximate surface area is 108 Å². The molecule has 2 aliphatic rings. The minimum atomic E-state index is -0.0534. The average molecular weight is 245 g/mol. The van der Waals surface area contributed by atoms with Crippen LogP contribution in [0.3, 0.4) is 0 Å². The van der Waals surface area contributed by atoms with Gasteiger partial charge in [-0.3, -0.25) is 0 Å². The van der Waals surface area contributed by atoms with Crippen molar-refractivity contribution in [1.82, 2.24) is 10.4 Å². The van der Waals surface area contributed by atoms with Crippen molar-refractivity contribution in [3.05, 3.63) is 35.9 Å². The van der Waals surface area contributed by atoms with Crippen molar-refractivity contribution in [2.24, 2.45) is 4.99 Å². The summed E-state index contributed by atoms with van der Waals surface area (Å²) in [5, 5.41) is 5.32. The Morgan fingerprint density at radius 3 is 2.78 bits per heavy atom. The molecule has 1 fully saturated rings. The first-order valence-electron chi connectivity index (χ1n) is 6.65. The molecule has 0 radical (unpaired) electrons. The standard InChI is InChI=1S/C14H19N3O/c1-2-4-12(5-3-1)10-14-16-11-17(18-14)13-6-8-15-9-7-13/h1-5,11,13-15H,6-10H2. The molecule has 96 valence electrons. The van der Waals surface area contributed by atoms with E-state index in [0.717, 1.165) is 32.4 Å². The van der Waals surface area contributed by atoms with Crippen LogP contribution in [0.4, 0.5) is 0 Å². The quantitative estimate of drug-likeness (QED) is 0.878. The van der Waals surface area contributed by atoms with Crippen LogP contribution in [0, 0.1) is 0 Å². The van der Waals surface area contributed by atoms with Crippen LogP contribution in [0.2, 0.25) is 0 Å². The molecule has 1 N–H and O–H groups in total. The summed E-state index contributed by atoms with van der Waals surface area (Å²) in [5.41, 5.74) is 1.27. The number of piperidine rings is 1. The molecule has 0 amide bonds. The summed E-state index contributed by atoms with van der Waals surface area (Å²) in [7, 11) is 0. The van der Waals surface area contributed by atoms with E-state index in [1.807, 2.05) is 17.5 Å². The Morgan fingerprint density at radius 2 is 2.00 bits per heavy atom. The highest BCUT2D eigenvalue weighted by Crippen LogP contribution is 2.18. The highest BCUT2D eigenvalue weighted by atomic mass is 16.7. The van der Waals surface area contributed by atoms with E-state index in [2.05, 4.69) is 34.6 Å². The maximum absolute atomic E-state index is 5.89. The maximum Gasteiger partial charge on any atom is 0.181 e. The zero-order valence-electron chi connectivity index (χ0n) is 10.5. The van der Waals surface area contributed by atoms with E-state index >= 15 is 0 Å². The minimum Gasteiger partial charge on any atom is -0.317 e. The van der Waals surface area contributed by atoms with Crippen molar-refractivity contribution in [3.8, 4) is 0 Å². The lowest BCUT2D eigenvalue weighted by Crippen LogP contribution is -2.41. The summed E-state index contributed by atoms with van der Waals surface area (Å²) in [6.45, 7) is 2.14. The van der Waals surface area contributed by atoms with Crippen molar-refractivity contribution in [3.63, 3.8) is 0 Å². The molecule has 0 saturated carbocycles. The third-order valence-electron chi connectivity index (χ3n) is 3.51. The summed E-state index contributed by atoms with van der Waals surface area (Å²) in [6.07, 6.45) is 4.92. The van der Waals surface area contributed by atoms with Crippen LogP contribution >= 0.6 is 0 Å². The van der Waals surface area contributed by atoms with Gasteiger partial charge in [-0.15, -0.1) is 0 Å². The predicted molar refractivity (Wildman–Crippen MR) is 71.2 cm³/mol. The molecule has 1 saturated heterocycles. The van der Waals surface area contributed by atoms with Gasteiger partial charge in [0.25, 0.3) is 0 Å². The maximum atomic E-state index is 5.89. The molecule has 1 aromatic carbocycles. The average Bonchev–Trinajstić information content (AvgIpc) is 2.89. The third kappa shape index (κ3) is 2.71. The number of nitrogens with one attached hydrogen (secondary N) is 1. The van der Waals surface area contributed by atoms with E-state index in [0.29, 0.717) is 6.04 Å². The van der Waals surface area contributed by atoms with Gasteiger partial charge in [-0.25, -0.2) is 14.9 Å². The van der Waals surface area contributed by atoms with Crippen molar-refractivity contribution >= 4 is 6.34 Å². The zero-order chi connectivity index (χ0) is 12.2. The number of hydrogen-bond acceptors (Lipinski definition) is 4. The van der Waals surface area contributed by atoms with Gasteiger partial charge >= 0.3 is 0 Å². The molecule has 4 nitrogen and oxygen atoms in total. The molecule has 1 aromatic rings. The fourth-order valence-corrected chi connectivity index (χ4v) is 2.48. The summed E-state index contributed by atoms with van der Waals surface area (Å²) in [4.78, 5) is 10.3. The lowest BCUT2D eigenvalue weighted by Gasteiger charge is -2.29. The Bertz CT molecular complexity index is 401. The van der Waals surface area contributed by atoms with Crippen LogP contribution in [0.25, 0.3) is 0 Å². The van der Waals surface area contributed by atoms with Crippen molar-refractivity contribution in [2.45, 2.75) is 31.5 Å². The number of rotatable bonds is 3. The van der Waals surface area contributed by atoms with Crippen molar-refractivity contribution in [2.75, 3.05) is 13.1 Å². The molecular formula is C14H19N3O. The second-order valence-electron chi connectivity index (χ2n) is 4.86. The molecule has 0 aliphatic carbocycles. The Kier molecular flexibility index (Phi) is 3.57. The topological polar surface area (TPSA) is 36.9 Å². The molecule has 2 aliphatic heterocycles. The molecule has 0 aromatic heterocycles. The van der Waals surface area contributed by atoms with Gasteiger partial charge in [0.2, 0.25) is 0 Å². The summed E-state index contributed by atoms with van der Waals surface area (Å²) < 4.78 is 0. The largest absolute Gasteiger partial charge is 0.317 e. The van der Waals surface area contributed by atoms with Gasteiger partial charge in [0.1, 0.15) is 6.34 Å². The monoisotopic (exact) mass is 245 g/mol. The van der Waals surface area contributed by atoms with Crippen LogP contribution in [-0.2, 0) is 11.3 Å². The zero-order valence-corrected chi connectivity index (χ0v) is 10.5. The van der Waals surface area contributed by atoms with E-state index in [-0.39, 0.29) is 6.23 Å². The van der Waals surface area contributed by atoms with Crippen LogP contribution in [0.15, 0.2) is 35.3 Å². The molecule has 1 unspecified atom stereocenters. The van der Waals surface area contributed by atoms with Crippen LogP contribution in [0.5, 0.6) is 0 Å². The van der Waals surface area contributed by atoms with Crippen LogP contribution in [-0.4, -0.2) is 36.8 Å². The second-order valence-corrected chi connectivity index (χ2v) is 4.86.